The van der Waals surface area contributed by atoms with E-state index >= 15 is 0 Å². The molecule has 1 N–H and O–H groups in total. The molecule has 0 spiro atoms. The highest BCUT2D eigenvalue weighted by Gasteiger charge is 2.24. The molecule has 2 atom stereocenters. The number of hydrogen-bond donors (Lipinski definition) is 1. The third kappa shape index (κ3) is 2.94. The van der Waals surface area contributed by atoms with Crippen molar-refractivity contribution in [1.82, 2.24) is 10.3 Å². The number of nitrogens with one attached hydrogen (secondary N) is 1. The van der Waals surface area contributed by atoms with Crippen LogP contribution in [-0.2, 0) is 0 Å². The van der Waals surface area contributed by atoms with Crippen molar-refractivity contribution >= 4 is 11.6 Å². The van der Waals surface area contributed by atoms with Crippen LogP contribution in [0, 0.1) is 5.82 Å². The van der Waals surface area contributed by atoms with Crippen LogP contribution in [0.4, 0.5) is 4.39 Å². The maximum absolute atomic E-state index is 14.0. The normalized spacial score (nSPS) is 14.1. The summed E-state index contributed by atoms with van der Waals surface area (Å²) in [5, 5.41) is 3.60. The van der Waals surface area contributed by atoms with Crippen molar-refractivity contribution in [3.63, 3.8) is 0 Å². The summed E-state index contributed by atoms with van der Waals surface area (Å²) >= 11 is 6.14. The summed E-state index contributed by atoms with van der Waals surface area (Å²) in [7, 11) is 1.81. The van der Waals surface area contributed by atoms with Crippen molar-refractivity contribution in [2.75, 3.05) is 7.05 Å². The van der Waals surface area contributed by atoms with E-state index in [1.807, 2.05) is 26.1 Å². The lowest BCUT2D eigenvalue weighted by Crippen LogP contribution is -2.23. The lowest BCUT2D eigenvalue weighted by Gasteiger charge is -2.25. The van der Waals surface area contributed by atoms with Crippen LogP contribution in [-0.4, -0.2) is 12.0 Å². The number of likely N-dealkylation sites (N-methyl/N-ethyl adjacent to an activating group) is 1. The Labute approximate surface area is 117 Å². The summed E-state index contributed by atoms with van der Waals surface area (Å²) in [5.41, 5.74) is 1.60. The van der Waals surface area contributed by atoms with E-state index in [1.54, 1.807) is 24.5 Å². The molecule has 0 aliphatic rings. The van der Waals surface area contributed by atoms with Crippen molar-refractivity contribution in [2.24, 2.45) is 0 Å². The van der Waals surface area contributed by atoms with Crippen molar-refractivity contribution in [3.8, 4) is 0 Å². The predicted molar refractivity (Wildman–Crippen MR) is 75.9 cm³/mol. The van der Waals surface area contributed by atoms with E-state index in [1.165, 1.54) is 6.07 Å². The van der Waals surface area contributed by atoms with E-state index in [4.69, 9.17) is 11.6 Å². The molecule has 0 bridgehead atoms. The fourth-order valence-corrected chi connectivity index (χ4v) is 2.59. The molecule has 0 aliphatic carbocycles. The van der Waals surface area contributed by atoms with Crippen LogP contribution in [0.2, 0.25) is 5.02 Å². The second-order valence-corrected chi connectivity index (χ2v) is 4.88. The smallest absolute Gasteiger partial charge is 0.129 e. The molecule has 0 saturated heterocycles. The molecular weight excluding hydrogens is 263 g/mol. The van der Waals surface area contributed by atoms with Gasteiger partial charge in [0, 0.05) is 34.9 Å². The van der Waals surface area contributed by atoms with Gasteiger partial charge in [0.2, 0.25) is 0 Å². The van der Waals surface area contributed by atoms with Gasteiger partial charge in [-0.15, -0.1) is 0 Å². The van der Waals surface area contributed by atoms with Gasteiger partial charge in [0.25, 0.3) is 0 Å². The summed E-state index contributed by atoms with van der Waals surface area (Å²) < 4.78 is 14.0. The van der Waals surface area contributed by atoms with E-state index in [0.717, 1.165) is 5.56 Å². The van der Waals surface area contributed by atoms with Crippen LogP contribution in [0.15, 0.2) is 42.7 Å². The van der Waals surface area contributed by atoms with Crippen molar-refractivity contribution in [1.29, 1.82) is 0 Å². The summed E-state index contributed by atoms with van der Waals surface area (Å²) in [4.78, 5) is 4.00. The molecule has 0 aliphatic heterocycles. The topological polar surface area (TPSA) is 24.9 Å². The standard InChI is InChI=1S/C15H16ClFN2/c1-10(11-6-8-19-9-7-11)15(18-2)14-12(16)4-3-5-13(14)17/h3-10,15,18H,1-2H3. The Morgan fingerprint density at radius 1 is 1.21 bits per heavy atom. The molecule has 1 aromatic heterocycles. The predicted octanol–water partition coefficient (Wildman–Crippen LogP) is 3.94. The van der Waals surface area contributed by atoms with Gasteiger partial charge >= 0.3 is 0 Å². The van der Waals surface area contributed by atoms with Gasteiger partial charge < -0.3 is 5.32 Å². The highest BCUT2D eigenvalue weighted by Crippen LogP contribution is 2.35. The Hall–Kier alpha value is -1.45. The average molecular weight is 279 g/mol. The zero-order valence-electron chi connectivity index (χ0n) is 10.9. The molecule has 0 radical (unpaired) electrons. The Bertz CT molecular complexity index is 525. The first-order valence-electron chi connectivity index (χ1n) is 6.16. The summed E-state index contributed by atoms with van der Waals surface area (Å²) in [6.07, 6.45) is 3.48. The minimum absolute atomic E-state index is 0.0856. The van der Waals surface area contributed by atoms with Crippen molar-refractivity contribution in [2.45, 2.75) is 18.9 Å². The number of nitrogens with zero attached hydrogens (tertiary/aromatic N) is 1. The van der Waals surface area contributed by atoms with Crippen molar-refractivity contribution in [3.05, 3.63) is 64.7 Å². The molecule has 2 nitrogen and oxygen atoms in total. The zero-order chi connectivity index (χ0) is 13.8. The molecule has 0 amide bonds. The highest BCUT2D eigenvalue weighted by molar-refractivity contribution is 6.31. The first-order chi connectivity index (χ1) is 9.15. The Morgan fingerprint density at radius 3 is 2.47 bits per heavy atom. The number of halogens is 2. The molecule has 4 heteroatoms. The van der Waals surface area contributed by atoms with Crippen LogP contribution in [0.1, 0.15) is 30.0 Å². The van der Waals surface area contributed by atoms with Gasteiger partial charge in [0.15, 0.2) is 0 Å². The van der Waals surface area contributed by atoms with Gasteiger partial charge in [-0.05, 0) is 36.9 Å². The molecule has 2 unspecified atom stereocenters. The highest BCUT2D eigenvalue weighted by atomic mass is 35.5. The van der Waals surface area contributed by atoms with Crippen LogP contribution < -0.4 is 5.32 Å². The largest absolute Gasteiger partial charge is 0.312 e. The minimum atomic E-state index is -0.284. The third-order valence-corrected chi connectivity index (χ3v) is 3.68. The second kappa shape index (κ2) is 6.13. The molecular formula is C15H16ClFN2. The molecule has 2 aromatic rings. The van der Waals surface area contributed by atoms with Crippen LogP contribution in [0.25, 0.3) is 0 Å². The van der Waals surface area contributed by atoms with Crippen LogP contribution in [0.5, 0.6) is 0 Å². The quantitative estimate of drug-likeness (QED) is 0.916. The summed E-state index contributed by atoms with van der Waals surface area (Å²) in [6.45, 7) is 2.04. The van der Waals surface area contributed by atoms with Gasteiger partial charge in [-0.2, -0.15) is 0 Å². The van der Waals surface area contributed by atoms with Gasteiger partial charge in [-0.3, -0.25) is 4.98 Å². The Balaban J connectivity index is 2.40. The van der Waals surface area contributed by atoms with Gasteiger partial charge in [0.1, 0.15) is 5.82 Å². The molecule has 19 heavy (non-hydrogen) atoms. The number of hydrogen-bond acceptors (Lipinski definition) is 2. The Morgan fingerprint density at radius 2 is 1.89 bits per heavy atom. The lowest BCUT2D eigenvalue weighted by molar-refractivity contribution is 0.478. The maximum Gasteiger partial charge on any atom is 0.129 e. The van der Waals surface area contributed by atoms with E-state index in [9.17, 15) is 4.39 Å². The monoisotopic (exact) mass is 278 g/mol. The fraction of sp³-hybridized carbons (Fsp3) is 0.267. The molecule has 2 rings (SSSR count). The first kappa shape index (κ1) is 14.0. The summed E-state index contributed by atoms with van der Waals surface area (Å²) in [6, 6.07) is 8.45. The SMILES string of the molecule is CNC(c1c(F)cccc1Cl)C(C)c1ccncc1. The molecule has 1 aromatic carbocycles. The van der Waals surface area contributed by atoms with Crippen LogP contribution >= 0.6 is 11.6 Å². The Kier molecular flexibility index (Phi) is 4.51. The van der Waals surface area contributed by atoms with Crippen LogP contribution in [0.3, 0.4) is 0 Å². The van der Waals surface area contributed by atoms with E-state index in [2.05, 4.69) is 10.3 Å². The molecule has 0 saturated carbocycles. The third-order valence-electron chi connectivity index (χ3n) is 3.35. The lowest BCUT2D eigenvalue weighted by atomic mass is 9.89. The second-order valence-electron chi connectivity index (χ2n) is 4.47. The summed E-state index contributed by atoms with van der Waals surface area (Å²) in [5.74, 6) is -0.199. The number of benzene rings is 1. The fourth-order valence-electron chi connectivity index (χ4n) is 2.31. The molecule has 100 valence electrons. The van der Waals surface area contributed by atoms with E-state index < -0.39 is 0 Å². The van der Waals surface area contributed by atoms with Gasteiger partial charge in [0.05, 0.1) is 0 Å². The van der Waals surface area contributed by atoms with Gasteiger partial charge in [-0.1, -0.05) is 24.6 Å². The number of rotatable bonds is 4. The molecule has 1 heterocycles. The zero-order valence-corrected chi connectivity index (χ0v) is 11.7. The van der Waals surface area contributed by atoms with E-state index in [-0.39, 0.29) is 17.8 Å². The molecule has 0 fully saturated rings. The minimum Gasteiger partial charge on any atom is -0.312 e. The van der Waals surface area contributed by atoms with Crippen molar-refractivity contribution < 1.29 is 4.39 Å². The maximum atomic E-state index is 14.0. The van der Waals surface area contributed by atoms with E-state index in [0.29, 0.717) is 10.6 Å². The van der Waals surface area contributed by atoms with Gasteiger partial charge in [-0.25, -0.2) is 4.39 Å². The average Bonchev–Trinajstić information content (AvgIpc) is 2.43. The number of pyridine rings is 1. The number of aromatic nitrogens is 1. The first-order valence-corrected chi connectivity index (χ1v) is 6.54.